The number of H-pyrrole nitrogens is 1. The highest BCUT2D eigenvalue weighted by atomic mass is 32.2. The van der Waals surface area contributed by atoms with Crippen molar-refractivity contribution in [1.82, 2.24) is 14.5 Å². The van der Waals surface area contributed by atoms with E-state index in [0.29, 0.717) is 0 Å². The van der Waals surface area contributed by atoms with E-state index in [4.69, 9.17) is 10.8 Å². The lowest BCUT2D eigenvalue weighted by molar-refractivity contribution is 0.178. The molecule has 2 rings (SSSR count). The standard InChI is InChI=1S/C9H16N4O3S/c10-9-8(6-11-12-9)17(15,16)13(4-5-14)7-2-1-3-7/h6-7,14H,1-5H2,(H3,10,11,12). The molecule has 96 valence electrons. The van der Waals surface area contributed by atoms with Crippen LogP contribution in [0.1, 0.15) is 19.3 Å². The number of rotatable bonds is 5. The van der Waals surface area contributed by atoms with Crippen LogP contribution in [-0.4, -0.2) is 47.2 Å². The summed E-state index contributed by atoms with van der Waals surface area (Å²) in [7, 11) is -3.66. The summed E-state index contributed by atoms with van der Waals surface area (Å²) in [5.41, 5.74) is 5.53. The van der Waals surface area contributed by atoms with Crippen molar-refractivity contribution >= 4 is 15.8 Å². The highest BCUT2D eigenvalue weighted by Crippen LogP contribution is 2.30. The molecule has 0 radical (unpaired) electrons. The third kappa shape index (κ3) is 2.15. The van der Waals surface area contributed by atoms with Gasteiger partial charge in [0.05, 0.1) is 12.8 Å². The number of hydrogen-bond donors (Lipinski definition) is 3. The summed E-state index contributed by atoms with van der Waals surface area (Å²) in [4.78, 5) is -0.0159. The predicted octanol–water partition coefficient (Wildman–Crippen LogP) is -0.473. The summed E-state index contributed by atoms with van der Waals surface area (Å²) in [5, 5.41) is 15.0. The number of nitrogens with zero attached hydrogens (tertiary/aromatic N) is 2. The maximum Gasteiger partial charge on any atom is 0.248 e. The predicted molar refractivity (Wildman–Crippen MR) is 61.6 cm³/mol. The van der Waals surface area contributed by atoms with E-state index in [9.17, 15) is 8.42 Å². The zero-order valence-corrected chi connectivity index (χ0v) is 10.2. The van der Waals surface area contributed by atoms with E-state index in [0.717, 1.165) is 19.3 Å². The third-order valence-electron chi connectivity index (χ3n) is 3.02. The van der Waals surface area contributed by atoms with Gasteiger partial charge in [-0.25, -0.2) is 8.42 Å². The Morgan fingerprint density at radius 1 is 1.59 bits per heavy atom. The van der Waals surface area contributed by atoms with Crippen molar-refractivity contribution in [3.05, 3.63) is 6.20 Å². The van der Waals surface area contributed by atoms with E-state index >= 15 is 0 Å². The summed E-state index contributed by atoms with van der Waals surface area (Å²) in [5.74, 6) is 0.0345. The van der Waals surface area contributed by atoms with Crippen LogP contribution < -0.4 is 5.73 Å². The maximum atomic E-state index is 12.3. The van der Waals surface area contributed by atoms with Gasteiger partial charge in [-0.05, 0) is 12.8 Å². The molecule has 0 atom stereocenters. The largest absolute Gasteiger partial charge is 0.395 e. The second-order valence-corrected chi connectivity index (χ2v) is 5.93. The van der Waals surface area contributed by atoms with Gasteiger partial charge in [-0.3, -0.25) is 5.10 Å². The Hall–Kier alpha value is -1.12. The first-order valence-corrected chi connectivity index (χ1v) is 6.93. The van der Waals surface area contributed by atoms with Crippen molar-refractivity contribution in [3.63, 3.8) is 0 Å². The number of aliphatic hydroxyl groups excluding tert-OH is 1. The molecule has 1 aromatic heterocycles. The van der Waals surface area contributed by atoms with E-state index in [-0.39, 0.29) is 29.9 Å². The molecule has 1 aromatic rings. The molecule has 1 aliphatic rings. The molecule has 8 heteroatoms. The van der Waals surface area contributed by atoms with Gasteiger partial charge in [0.15, 0.2) is 0 Å². The maximum absolute atomic E-state index is 12.3. The average molecular weight is 260 g/mol. The summed E-state index contributed by atoms with van der Waals surface area (Å²) in [6.45, 7) is -0.106. The Morgan fingerprint density at radius 3 is 2.71 bits per heavy atom. The van der Waals surface area contributed by atoms with E-state index < -0.39 is 10.0 Å². The van der Waals surface area contributed by atoms with Crippen LogP contribution in [0, 0.1) is 0 Å². The fourth-order valence-corrected chi connectivity index (χ4v) is 3.58. The minimum absolute atomic E-state index is 0.0159. The van der Waals surface area contributed by atoms with Gasteiger partial charge in [0.25, 0.3) is 0 Å². The Bertz CT molecular complexity index is 480. The lowest BCUT2D eigenvalue weighted by Gasteiger charge is -2.35. The quantitative estimate of drug-likeness (QED) is 0.662. The third-order valence-corrected chi connectivity index (χ3v) is 5.00. The molecule has 0 aliphatic heterocycles. The monoisotopic (exact) mass is 260 g/mol. The summed E-state index contributed by atoms with van der Waals surface area (Å²) in [6, 6.07) is -0.0264. The molecule has 1 heterocycles. The zero-order chi connectivity index (χ0) is 12.5. The van der Waals surface area contributed by atoms with Crippen LogP contribution in [0.5, 0.6) is 0 Å². The number of aromatic amines is 1. The number of nitrogens with one attached hydrogen (secondary N) is 1. The second kappa shape index (κ2) is 4.63. The van der Waals surface area contributed by atoms with Crippen LogP contribution >= 0.6 is 0 Å². The normalized spacial score (nSPS) is 17.3. The summed E-state index contributed by atoms with van der Waals surface area (Å²) < 4.78 is 25.9. The number of anilines is 1. The number of aliphatic hydroxyl groups is 1. The lowest BCUT2D eigenvalue weighted by atomic mass is 9.93. The van der Waals surface area contributed by atoms with Crippen molar-refractivity contribution in [2.24, 2.45) is 0 Å². The molecule has 1 aliphatic carbocycles. The van der Waals surface area contributed by atoms with E-state index in [1.54, 1.807) is 0 Å². The topological polar surface area (TPSA) is 112 Å². The summed E-state index contributed by atoms with van der Waals surface area (Å²) in [6.07, 6.45) is 3.88. The SMILES string of the molecule is Nc1[nH]ncc1S(=O)(=O)N(CCO)C1CCC1. The minimum atomic E-state index is -3.66. The molecule has 0 spiro atoms. The first-order valence-electron chi connectivity index (χ1n) is 5.49. The van der Waals surface area contributed by atoms with Crippen molar-refractivity contribution in [1.29, 1.82) is 0 Å². The van der Waals surface area contributed by atoms with Crippen LogP contribution in [0.4, 0.5) is 5.82 Å². The van der Waals surface area contributed by atoms with Crippen LogP contribution in [0.2, 0.25) is 0 Å². The van der Waals surface area contributed by atoms with E-state index in [1.165, 1.54) is 10.5 Å². The molecule has 4 N–H and O–H groups in total. The number of nitrogens with two attached hydrogens (primary N) is 1. The molecule has 0 bridgehead atoms. The second-order valence-electron chi connectivity index (χ2n) is 4.07. The Balaban J connectivity index is 2.31. The molecule has 0 aromatic carbocycles. The number of nitrogen functional groups attached to an aromatic ring is 1. The van der Waals surface area contributed by atoms with Crippen molar-refractivity contribution in [2.75, 3.05) is 18.9 Å². The van der Waals surface area contributed by atoms with Gasteiger partial charge < -0.3 is 10.8 Å². The molecule has 0 amide bonds. The summed E-state index contributed by atoms with van der Waals surface area (Å²) >= 11 is 0. The van der Waals surface area contributed by atoms with Gasteiger partial charge in [0.2, 0.25) is 10.0 Å². The van der Waals surface area contributed by atoms with Crippen LogP contribution in [0.15, 0.2) is 11.1 Å². The van der Waals surface area contributed by atoms with E-state index in [2.05, 4.69) is 10.2 Å². The smallest absolute Gasteiger partial charge is 0.248 e. The van der Waals surface area contributed by atoms with Gasteiger partial charge in [-0.15, -0.1) is 0 Å². The Kier molecular flexibility index (Phi) is 3.36. The van der Waals surface area contributed by atoms with Crippen molar-refractivity contribution in [3.8, 4) is 0 Å². The van der Waals surface area contributed by atoms with Gasteiger partial charge in [0.1, 0.15) is 10.7 Å². The number of sulfonamides is 1. The average Bonchev–Trinajstić information content (AvgIpc) is 2.61. The van der Waals surface area contributed by atoms with Gasteiger partial charge in [0, 0.05) is 12.6 Å². The van der Waals surface area contributed by atoms with Crippen LogP contribution in [0.3, 0.4) is 0 Å². The fraction of sp³-hybridized carbons (Fsp3) is 0.667. The van der Waals surface area contributed by atoms with Crippen molar-refractivity contribution < 1.29 is 13.5 Å². The minimum Gasteiger partial charge on any atom is -0.395 e. The Labute approximate surface area is 99.7 Å². The molecule has 1 fully saturated rings. The molecule has 17 heavy (non-hydrogen) atoms. The van der Waals surface area contributed by atoms with Crippen molar-refractivity contribution in [2.45, 2.75) is 30.2 Å². The van der Waals surface area contributed by atoms with Gasteiger partial charge >= 0.3 is 0 Å². The Morgan fingerprint density at radius 2 is 2.29 bits per heavy atom. The van der Waals surface area contributed by atoms with Crippen LogP contribution in [-0.2, 0) is 10.0 Å². The molecule has 0 unspecified atom stereocenters. The molecule has 1 saturated carbocycles. The van der Waals surface area contributed by atoms with E-state index in [1.807, 2.05) is 0 Å². The molecule has 7 nitrogen and oxygen atoms in total. The number of aromatic nitrogens is 2. The highest BCUT2D eigenvalue weighted by molar-refractivity contribution is 7.89. The first kappa shape index (κ1) is 12.3. The van der Waals surface area contributed by atoms with Gasteiger partial charge in [-0.1, -0.05) is 6.42 Å². The fourth-order valence-electron chi connectivity index (χ4n) is 1.89. The zero-order valence-electron chi connectivity index (χ0n) is 9.33. The van der Waals surface area contributed by atoms with Gasteiger partial charge in [-0.2, -0.15) is 9.40 Å². The first-order chi connectivity index (χ1) is 8.07. The highest BCUT2D eigenvalue weighted by Gasteiger charge is 2.36. The lowest BCUT2D eigenvalue weighted by Crippen LogP contribution is -2.45. The molecular formula is C9H16N4O3S. The number of hydrogen-bond acceptors (Lipinski definition) is 5. The van der Waals surface area contributed by atoms with Crippen LogP contribution in [0.25, 0.3) is 0 Å². The molecule has 0 saturated heterocycles. The molecular weight excluding hydrogens is 244 g/mol.